The lowest BCUT2D eigenvalue weighted by Gasteiger charge is -2.40. The van der Waals surface area contributed by atoms with Gasteiger partial charge in [-0.25, -0.2) is 4.79 Å². The minimum Gasteiger partial charge on any atom is -0.467 e. The average Bonchev–Trinajstić information content (AvgIpc) is 3.02. The normalized spacial score (nSPS) is 29.4. The molecular formula is C20H23NO6. The van der Waals surface area contributed by atoms with Crippen molar-refractivity contribution in [2.75, 3.05) is 13.7 Å². The van der Waals surface area contributed by atoms with Crippen LogP contribution in [0.25, 0.3) is 0 Å². The number of esters is 1. The molecule has 3 rings (SSSR count). The van der Waals surface area contributed by atoms with E-state index in [0.29, 0.717) is 5.56 Å². The number of rotatable bonds is 4. The molecule has 1 saturated heterocycles. The zero-order chi connectivity index (χ0) is 19.7. The molecule has 1 aromatic carbocycles. The first-order valence-corrected chi connectivity index (χ1v) is 8.77. The fourth-order valence-corrected chi connectivity index (χ4v) is 3.56. The molecule has 1 fully saturated rings. The Morgan fingerprint density at radius 3 is 2.52 bits per heavy atom. The van der Waals surface area contributed by atoms with Crippen LogP contribution in [0.1, 0.15) is 30.6 Å². The van der Waals surface area contributed by atoms with Gasteiger partial charge < -0.3 is 19.5 Å². The molecule has 0 aromatic heterocycles. The van der Waals surface area contributed by atoms with Crippen LogP contribution in [0.2, 0.25) is 0 Å². The Morgan fingerprint density at radius 2 is 1.93 bits per heavy atom. The van der Waals surface area contributed by atoms with Crippen molar-refractivity contribution >= 4 is 17.7 Å². The van der Waals surface area contributed by atoms with Crippen LogP contribution in [0.4, 0.5) is 0 Å². The topological polar surface area (TPSA) is 90.9 Å². The molecule has 1 aliphatic heterocycles. The largest absolute Gasteiger partial charge is 0.467 e. The quantitative estimate of drug-likeness (QED) is 0.807. The minimum absolute atomic E-state index is 0.0325. The molecule has 27 heavy (non-hydrogen) atoms. The number of carbonyl (C=O) groups excluding carboxylic acids is 3. The third-order valence-electron chi connectivity index (χ3n) is 4.90. The molecule has 0 radical (unpaired) electrons. The van der Waals surface area contributed by atoms with Crippen molar-refractivity contribution in [2.45, 2.75) is 37.7 Å². The smallest absolute Gasteiger partial charge is 0.336 e. The Bertz CT molecular complexity index is 772. The second kappa shape index (κ2) is 7.25. The minimum atomic E-state index is -1.52. The van der Waals surface area contributed by atoms with Crippen molar-refractivity contribution in [1.82, 2.24) is 5.32 Å². The summed E-state index contributed by atoms with van der Waals surface area (Å²) in [6.45, 7) is 3.73. The van der Waals surface area contributed by atoms with Crippen molar-refractivity contribution < 1.29 is 28.6 Å². The number of carbonyl (C=O) groups is 3. The van der Waals surface area contributed by atoms with Crippen molar-refractivity contribution in [3.05, 3.63) is 48.0 Å². The summed E-state index contributed by atoms with van der Waals surface area (Å²) in [4.78, 5) is 37.7. The van der Waals surface area contributed by atoms with E-state index >= 15 is 0 Å². The molecule has 2 aliphatic rings. The van der Waals surface area contributed by atoms with Crippen LogP contribution in [-0.2, 0) is 23.8 Å². The Hall–Kier alpha value is -2.51. The third kappa shape index (κ3) is 3.79. The van der Waals surface area contributed by atoms with E-state index in [1.54, 1.807) is 44.2 Å². The number of hydrogen-bond donors (Lipinski definition) is 1. The van der Waals surface area contributed by atoms with Gasteiger partial charge in [-0.15, -0.1) is 0 Å². The first-order valence-electron chi connectivity index (χ1n) is 8.77. The summed E-state index contributed by atoms with van der Waals surface area (Å²) in [5.74, 6) is -2.74. The molecule has 144 valence electrons. The highest BCUT2D eigenvalue weighted by Gasteiger charge is 2.54. The standard InChI is InChI=1S/C20H23NO6/c1-19(2)26-12-16(27-19)15-11-14(22)9-10-20(15,18(24)25-3)21-17(23)13-7-5-4-6-8-13/h4-10,15-16H,11-12H2,1-3H3,(H,21,23)/t15-,16+,20-/m0/s1. The predicted molar refractivity (Wildman–Crippen MR) is 95.8 cm³/mol. The molecule has 1 heterocycles. The maximum atomic E-state index is 12.8. The van der Waals surface area contributed by atoms with Crippen LogP contribution in [0.15, 0.2) is 42.5 Å². The highest BCUT2D eigenvalue weighted by Crippen LogP contribution is 2.38. The van der Waals surface area contributed by atoms with Crippen molar-refractivity contribution in [1.29, 1.82) is 0 Å². The second-order valence-electron chi connectivity index (χ2n) is 7.16. The Balaban J connectivity index is 1.99. The first kappa shape index (κ1) is 19.3. The molecule has 1 N–H and O–H groups in total. The highest BCUT2D eigenvalue weighted by atomic mass is 16.7. The average molecular weight is 373 g/mol. The van der Waals surface area contributed by atoms with Gasteiger partial charge in [0.1, 0.15) is 0 Å². The number of allylic oxidation sites excluding steroid dienone is 1. The van der Waals surface area contributed by atoms with Gasteiger partial charge in [-0.3, -0.25) is 9.59 Å². The summed E-state index contributed by atoms with van der Waals surface area (Å²) in [6, 6.07) is 8.54. The molecule has 0 spiro atoms. The molecule has 0 bridgehead atoms. The SMILES string of the molecule is COC(=O)[C@]1(NC(=O)c2ccccc2)C=CC(=O)C[C@H]1[C@H]1COC(C)(C)O1. The number of amides is 1. The van der Waals surface area contributed by atoms with E-state index in [1.807, 2.05) is 0 Å². The summed E-state index contributed by atoms with van der Waals surface area (Å²) < 4.78 is 16.5. The Kier molecular flexibility index (Phi) is 5.17. The maximum absolute atomic E-state index is 12.8. The van der Waals surface area contributed by atoms with E-state index in [-0.39, 0.29) is 18.8 Å². The number of ether oxygens (including phenoxy) is 3. The monoisotopic (exact) mass is 373 g/mol. The fraction of sp³-hybridized carbons (Fsp3) is 0.450. The van der Waals surface area contributed by atoms with Gasteiger partial charge in [-0.2, -0.15) is 0 Å². The molecule has 0 saturated carbocycles. The van der Waals surface area contributed by atoms with Crippen LogP contribution in [0.5, 0.6) is 0 Å². The van der Waals surface area contributed by atoms with Gasteiger partial charge in [-0.05, 0) is 38.1 Å². The van der Waals surface area contributed by atoms with Crippen molar-refractivity contribution in [2.24, 2.45) is 5.92 Å². The number of benzene rings is 1. The number of nitrogens with one attached hydrogen (secondary N) is 1. The predicted octanol–water partition coefficient (Wildman–Crippen LogP) is 1.62. The molecule has 3 atom stereocenters. The maximum Gasteiger partial charge on any atom is 0.336 e. The zero-order valence-electron chi connectivity index (χ0n) is 15.6. The fourth-order valence-electron chi connectivity index (χ4n) is 3.56. The van der Waals surface area contributed by atoms with Crippen LogP contribution >= 0.6 is 0 Å². The van der Waals surface area contributed by atoms with Gasteiger partial charge in [-0.1, -0.05) is 18.2 Å². The molecule has 1 aromatic rings. The van der Waals surface area contributed by atoms with Gasteiger partial charge in [0.05, 0.1) is 19.8 Å². The first-order chi connectivity index (χ1) is 12.8. The van der Waals surface area contributed by atoms with Gasteiger partial charge >= 0.3 is 5.97 Å². The van der Waals surface area contributed by atoms with Crippen LogP contribution < -0.4 is 5.32 Å². The second-order valence-corrected chi connectivity index (χ2v) is 7.16. The molecule has 7 nitrogen and oxygen atoms in total. The van der Waals surface area contributed by atoms with Crippen LogP contribution in [-0.4, -0.2) is 48.8 Å². The summed E-state index contributed by atoms with van der Waals surface area (Å²) in [5, 5.41) is 2.79. The third-order valence-corrected chi connectivity index (χ3v) is 4.90. The lowest BCUT2D eigenvalue weighted by molar-refractivity contribution is -0.161. The van der Waals surface area contributed by atoms with Crippen molar-refractivity contribution in [3.8, 4) is 0 Å². The van der Waals surface area contributed by atoms with Crippen LogP contribution in [0.3, 0.4) is 0 Å². The number of ketones is 1. The lowest BCUT2D eigenvalue weighted by Crippen LogP contribution is -2.63. The van der Waals surface area contributed by atoms with E-state index < -0.39 is 35.2 Å². The molecule has 7 heteroatoms. The van der Waals surface area contributed by atoms with E-state index in [9.17, 15) is 14.4 Å². The summed E-state index contributed by atoms with van der Waals surface area (Å²) in [6.07, 6.45) is 2.19. The molecular weight excluding hydrogens is 350 g/mol. The lowest BCUT2D eigenvalue weighted by atomic mass is 9.73. The van der Waals surface area contributed by atoms with Gasteiger partial charge in [0.2, 0.25) is 0 Å². The summed E-state index contributed by atoms with van der Waals surface area (Å²) in [7, 11) is 1.25. The highest BCUT2D eigenvalue weighted by molar-refractivity contribution is 6.02. The van der Waals surface area contributed by atoms with E-state index in [4.69, 9.17) is 14.2 Å². The molecule has 1 amide bonds. The zero-order valence-corrected chi connectivity index (χ0v) is 15.6. The molecule has 0 unspecified atom stereocenters. The Morgan fingerprint density at radius 1 is 1.22 bits per heavy atom. The van der Waals surface area contributed by atoms with Gasteiger partial charge in [0.15, 0.2) is 17.1 Å². The number of hydrogen-bond acceptors (Lipinski definition) is 6. The van der Waals surface area contributed by atoms with E-state index in [0.717, 1.165) is 0 Å². The summed E-state index contributed by atoms with van der Waals surface area (Å²) in [5.41, 5.74) is -1.13. The summed E-state index contributed by atoms with van der Waals surface area (Å²) >= 11 is 0. The van der Waals surface area contributed by atoms with Crippen molar-refractivity contribution in [3.63, 3.8) is 0 Å². The van der Waals surface area contributed by atoms with Gasteiger partial charge in [0.25, 0.3) is 5.91 Å². The van der Waals surface area contributed by atoms with Crippen LogP contribution in [0, 0.1) is 5.92 Å². The Labute approximate surface area is 157 Å². The molecule has 1 aliphatic carbocycles. The van der Waals surface area contributed by atoms with E-state index in [1.165, 1.54) is 19.3 Å². The van der Waals surface area contributed by atoms with E-state index in [2.05, 4.69) is 5.32 Å². The van der Waals surface area contributed by atoms with Gasteiger partial charge in [0, 0.05) is 17.9 Å². The number of methoxy groups -OCH3 is 1.